The molecular weight excluding hydrogens is 188 g/mol. The second-order valence-corrected chi connectivity index (χ2v) is 4.91. The summed E-state index contributed by atoms with van der Waals surface area (Å²) in [6.07, 6.45) is 8.61. The van der Waals surface area contributed by atoms with Gasteiger partial charge in [-0.25, -0.2) is 0 Å². The van der Waals surface area contributed by atoms with E-state index >= 15 is 0 Å². The second kappa shape index (κ2) is 4.35. The van der Waals surface area contributed by atoms with Gasteiger partial charge in [-0.15, -0.1) is 0 Å². The lowest BCUT2D eigenvalue weighted by molar-refractivity contribution is -0.133. The highest BCUT2D eigenvalue weighted by Crippen LogP contribution is 2.27. The third-order valence-corrected chi connectivity index (χ3v) is 3.57. The highest BCUT2D eigenvalue weighted by atomic mass is 16.2. The van der Waals surface area contributed by atoms with E-state index in [0.29, 0.717) is 0 Å². The number of amides is 1. The average molecular weight is 208 g/mol. The van der Waals surface area contributed by atoms with E-state index in [9.17, 15) is 4.79 Å². The van der Waals surface area contributed by atoms with Crippen LogP contribution in [-0.4, -0.2) is 30.4 Å². The first-order valence-corrected chi connectivity index (χ1v) is 5.85. The fraction of sp³-hybridized carbons (Fsp3) is 0.750. The molecule has 3 nitrogen and oxygen atoms in total. The Morgan fingerprint density at radius 3 is 2.67 bits per heavy atom. The molecule has 0 radical (unpaired) electrons. The molecule has 2 aliphatic rings. The van der Waals surface area contributed by atoms with Gasteiger partial charge in [-0.3, -0.25) is 4.79 Å². The normalized spacial score (nSPS) is 30.3. The Labute approximate surface area is 91.3 Å². The van der Waals surface area contributed by atoms with Gasteiger partial charge in [-0.1, -0.05) is 18.6 Å². The number of hydrogen-bond acceptors (Lipinski definition) is 2. The molecular formula is C12H20N2O. The lowest BCUT2D eigenvalue weighted by Crippen LogP contribution is -2.37. The van der Waals surface area contributed by atoms with E-state index in [0.717, 1.165) is 18.9 Å². The summed E-state index contributed by atoms with van der Waals surface area (Å²) in [6, 6.07) is 0.0797. The van der Waals surface area contributed by atoms with Crippen LogP contribution in [0.15, 0.2) is 12.2 Å². The molecule has 84 valence electrons. The van der Waals surface area contributed by atoms with E-state index in [1.807, 2.05) is 24.1 Å². The molecule has 0 aromatic heterocycles. The van der Waals surface area contributed by atoms with E-state index in [4.69, 9.17) is 5.73 Å². The van der Waals surface area contributed by atoms with E-state index in [1.165, 1.54) is 19.3 Å². The van der Waals surface area contributed by atoms with Gasteiger partial charge in [0, 0.05) is 19.6 Å². The minimum absolute atomic E-state index is 0.0325. The van der Waals surface area contributed by atoms with Crippen LogP contribution >= 0.6 is 0 Å². The third-order valence-electron chi connectivity index (χ3n) is 3.57. The van der Waals surface area contributed by atoms with Gasteiger partial charge < -0.3 is 10.6 Å². The van der Waals surface area contributed by atoms with Crippen LogP contribution in [0.1, 0.15) is 25.7 Å². The summed E-state index contributed by atoms with van der Waals surface area (Å²) in [5.74, 6) is 1.02. The highest BCUT2D eigenvalue weighted by Gasteiger charge is 2.27. The van der Waals surface area contributed by atoms with Crippen LogP contribution in [0.5, 0.6) is 0 Å². The van der Waals surface area contributed by atoms with Crippen LogP contribution in [-0.2, 0) is 4.79 Å². The van der Waals surface area contributed by atoms with Gasteiger partial charge in [0.1, 0.15) is 0 Å². The number of carbonyl (C=O) groups is 1. The zero-order chi connectivity index (χ0) is 10.8. The minimum Gasteiger partial charge on any atom is -0.345 e. The molecule has 1 fully saturated rings. The molecule has 15 heavy (non-hydrogen) atoms. The van der Waals surface area contributed by atoms with Crippen LogP contribution < -0.4 is 5.73 Å². The molecule has 0 saturated heterocycles. The Hall–Kier alpha value is -0.830. The summed E-state index contributed by atoms with van der Waals surface area (Å²) in [7, 11) is 1.92. The fourth-order valence-corrected chi connectivity index (χ4v) is 2.35. The van der Waals surface area contributed by atoms with Crippen LogP contribution in [0.2, 0.25) is 0 Å². The van der Waals surface area contributed by atoms with Crippen molar-refractivity contribution >= 4 is 5.91 Å². The van der Waals surface area contributed by atoms with Crippen LogP contribution in [0, 0.1) is 11.8 Å². The van der Waals surface area contributed by atoms with Crippen LogP contribution in [0.3, 0.4) is 0 Å². The lowest BCUT2D eigenvalue weighted by Gasteiger charge is -2.31. The van der Waals surface area contributed by atoms with Crippen molar-refractivity contribution < 1.29 is 4.79 Å². The summed E-state index contributed by atoms with van der Waals surface area (Å²) in [5, 5.41) is 0. The van der Waals surface area contributed by atoms with E-state index < -0.39 is 0 Å². The molecule has 1 saturated carbocycles. The predicted molar refractivity (Wildman–Crippen MR) is 60.2 cm³/mol. The number of carbonyl (C=O) groups excluding carboxylic acids is 1. The topological polar surface area (TPSA) is 46.3 Å². The molecule has 2 aliphatic carbocycles. The Morgan fingerprint density at radius 1 is 1.47 bits per heavy atom. The molecule has 0 spiro atoms. The highest BCUT2D eigenvalue weighted by molar-refractivity contribution is 5.81. The Balaban J connectivity index is 1.81. The summed E-state index contributed by atoms with van der Waals surface area (Å²) in [5.41, 5.74) is 5.74. The standard InChI is InChI=1S/C12H20N2O/c1-14(8-9-3-2-4-9)12(15)10-5-6-11(13)7-10/h5-6,9-11H,2-4,7-8,13H2,1H3. The molecule has 2 unspecified atom stereocenters. The molecule has 2 atom stereocenters. The smallest absolute Gasteiger partial charge is 0.229 e. The molecule has 3 heteroatoms. The Morgan fingerprint density at radius 2 is 2.20 bits per heavy atom. The maximum Gasteiger partial charge on any atom is 0.229 e. The van der Waals surface area contributed by atoms with Crippen molar-refractivity contribution in [2.75, 3.05) is 13.6 Å². The lowest BCUT2D eigenvalue weighted by atomic mass is 9.85. The maximum absolute atomic E-state index is 12.0. The van der Waals surface area contributed by atoms with E-state index in [1.54, 1.807) is 0 Å². The Kier molecular flexibility index (Phi) is 3.10. The van der Waals surface area contributed by atoms with Gasteiger partial charge in [-0.05, 0) is 25.2 Å². The second-order valence-electron chi connectivity index (χ2n) is 4.91. The van der Waals surface area contributed by atoms with Gasteiger partial charge in [0.2, 0.25) is 5.91 Å². The average Bonchev–Trinajstić information content (AvgIpc) is 2.56. The monoisotopic (exact) mass is 208 g/mol. The van der Waals surface area contributed by atoms with Crippen molar-refractivity contribution in [2.24, 2.45) is 17.6 Å². The summed E-state index contributed by atoms with van der Waals surface area (Å²) in [4.78, 5) is 13.9. The van der Waals surface area contributed by atoms with Gasteiger partial charge in [0.05, 0.1) is 5.92 Å². The first kappa shape index (κ1) is 10.7. The molecule has 1 amide bonds. The summed E-state index contributed by atoms with van der Waals surface area (Å²) in [6.45, 7) is 0.929. The summed E-state index contributed by atoms with van der Waals surface area (Å²) >= 11 is 0. The SMILES string of the molecule is CN(CC1CCC1)C(=O)C1C=CC(N)C1. The molecule has 0 aromatic rings. The van der Waals surface area contributed by atoms with Crippen molar-refractivity contribution in [3.63, 3.8) is 0 Å². The third kappa shape index (κ3) is 2.40. The maximum atomic E-state index is 12.0. The Bertz CT molecular complexity index is 271. The van der Waals surface area contributed by atoms with Crippen molar-refractivity contribution in [1.29, 1.82) is 0 Å². The first-order chi connectivity index (χ1) is 7.16. The largest absolute Gasteiger partial charge is 0.345 e. The zero-order valence-corrected chi connectivity index (χ0v) is 9.36. The molecule has 2 N–H and O–H groups in total. The van der Waals surface area contributed by atoms with Gasteiger partial charge in [0.15, 0.2) is 0 Å². The van der Waals surface area contributed by atoms with Crippen molar-refractivity contribution in [3.05, 3.63) is 12.2 Å². The molecule has 0 heterocycles. The van der Waals surface area contributed by atoms with Gasteiger partial charge in [-0.2, -0.15) is 0 Å². The number of hydrogen-bond donors (Lipinski definition) is 1. The van der Waals surface area contributed by atoms with Crippen molar-refractivity contribution in [1.82, 2.24) is 4.90 Å². The van der Waals surface area contributed by atoms with E-state index in [-0.39, 0.29) is 17.9 Å². The molecule has 0 aliphatic heterocycles. The predicted octanol–water partition coefficient (Wildman–Crippen LogP) is 1.15. The molecule has 2 rings (SSSR count). The quantitative estimate of drug-likeness (QED) is 0.707. The fourth-order valence-electron chi connectivity index (χ4n) is 2.35. The zero-order valence-electron chi connectivity index (χ0n) is 9.36. The minimum atomic E-state index is 0.0325. The van der Waals surface area contributed by atoms with Crippen LogP contribution in [0.4, 0.5) is 0 Å². The summed E-state index contributed by atoms with van der Waals surface area (Å²) < 4.78 is 0. The number of nitrogens with two attached hydrogens (primary N) is 1. The van der Waals surface area contributed by atoms with Crippen LogP contribution in [0.25, 0.3) is 0 Å². The van der Waals surface area contributed by atoms with Crippen molar-refractivity contribution in [3.8, 4) is 0 Å². The molecule has 0 bridgehead atoms. The van der Waals surface area contributed by atoms with Gasteiger partial charge in [0.25, 0.3) is 0 Å². The molecule has 0 aromatic carbocycles. The number of nitrogens with zero attached hydrogens (tertiary/aromatic N) is 1. The van der Waals surface area contributed by atoms with Gasteiger partial charge >= 0.3 is 0 Å². The first-order valence-electron chi connectivity index (χ1n) is 5.85. The van der Waals surface area contributed by atoms with E-state index in [2.05, 4.69) is 0 Å². The van der Waals surface area contributed by atoms with Crippen molar-refractivity contribution in [2.45, 2.75) is 31.7 Å². The number of rotatable bonds is 3.